The van der Waals surface area contributed by atoms with E-state index in [-0.39, 0.29) is 12.0 Å². The first-order valence-corrected chi connectivity index (χ1v) is 7.72. The van der Waals surface area contributed by atoms with Crippen LogP contribution in [0.5, 0.6) is 17.8 Å². The number of hydrogen-bond acceptors (Lipinski definition) is 8. The molecule has 0 unspecified atom stereocenters. The second-order valence-electron chi connectivity index (χ2n) is 5.25. The van der Waals surface area contributed by atoms with E-state index in [0.29, 0.717) is 5.95 Å². The van der Waals surface area contributed by atoms with Gasteiger partial charge in [0.2, 0.25) is 5.95 Å². The third-order valence-electron chi connectivity index (χ3n) is 3.94. The number of piperazine rings is 1. The van der Waals surface area contributed by atoms with E-state index in [1.54, 1.807) is 7.11 Å². The molecule has 24 heavy (non-hydrogen) atoms. The van der Waals surface area contributed by atoms with Crippen molar-refractivity contribution in [2.45, 2.75) is 0 Å². The quantitative estimate of drug-likeness (QED) is 0.810. The second kappa shape index (κ2) is 7.20. The van der Waals surface area contributed by atoms with Crippen LogP contribution in [0.4, 0.5) is 11.6 Å². The number of hydrogen-bond donors (Lipinski definition) is 0. The highest BCUT2D eigenvalue weighted by Crippen LogP contribution is 2.29. The van der Waals surface area contributed by atoms with Crippen molar-refractivity contribution in [1.29, 1.82) is 0 Å². The van der Waals surface area contributed by atoms with E-state index in [1.165, 1.54) is 14.2 Å². The second-order valence-corrected chi connectivity index (χ2v) is 5.25. The zero-order chi connectivity index (χ0) is 16.9. The fourth-order valence-corrected chi connectivity index (χ4v) is 2.69. The lowest BCUT2D eigenvalue weighted by atomic mass is 10.2. The molecule has 1 aliphatic rings. The Kier molecular flexibility index (Phi) is 4.83. The highest BCUT2D eigenvalue weighted by atomic mass is 16.5. The minimum Gasteiger partial charge on any atom is -0.495 e. The molecule has 2 heterocycles. The first kappa shape index (κ1) is 16.1. The Hall–Kier alpha value is -2.77. The Bertz CT molecular complexity index is 667. The molecule has 1 fully saturated rings. The number of benzene rings is 1. The van der Waals surface area contributed by atoms with Gasteiger partial charge in [0.15, 0.2) is 0 Å². The molecule has 1 saturated heterocycles. The number of anilines is 2. The predicted molar refractivity (Wildman–Crippen MR) is 90.4 cm³/mol. The average molecular weight is 331 g/mol. The SMILES string of the molecule is COc1nc(OC)nc(N2CCN(c3ccccc3OC)CC2)n1. The summed E-state index contributed by atoms with van der Waals surface area (Å²) in [7, 11) is 4.74. The molecule has 0 atom stereocenters. The third-order valence-corrected chi connectivity index (χ3v) is 3.94. The van der Waals surface area contributed by atoms with Gasteiger partial charge in [0.1, 0.15) is 5.75 Å². The summed E-state index contributed by atoms with van der Waals surface area (Å²) in [4.78, 5) is 17.0. The zero-order valence-corrected chi connectivity index (χ0v) is 14.1. The van der Waals surface area contributed by atoms with Crippen LogP contribution in [0.25, 0.3) is 0 Å². The lowest BCUT2D eigenvalue weighted by Gasteiger charge is -2.36. The van der Waals surface area contributed by atoms with Crippen LogP contribution in [0.15, 0.2) is 24.3 Å². The summed E-state index contributed by atoms with van der Waals surface area (Å²) < 4.78 is 15.7. The molecule has 1 aromatic heterocycles. The van der Waals surface area contributed by atoms with Crippen molar-refractivity contribution in [3.05, 3.63) is 24.3 Å². The predicted octanol–water partition coefficient (Wildman–Crippen LogP) is 1.22. The Morgan fingerprint density at radius 1 is 0.750 bits per heavy atom. The topological polar surface area (TPSA) is 72.8 Å². The van der Waals surface area contributed by atoms with Crippen molar-refractivity contribution in [2.75, 3.05) is 57.3 Å². The summed E-state index contributed by atoms with van der Waals surface area (Å²) in [5.41, 5.74) is 1.10. The van der Waals surface area contributed by atoms with E-state index < -0.39 is 0 Å². The van der Waals surface area contributed by atoms with Crippen molar-refractivity contribution >= 4 is 11.6 Å². The molecule has 0 amide bonds. The molecule has 0 radical (unpaired) electrons. The van der Waals surface area contributed by atoms with Gasteiger partial charge in [0.05, 0.1) is 27.0 Å². The summed E-state index contributed by atoms with van der Waals surface area (Å²) >= 11 is 0. The first-order valence-electron chi connectivity index (χ1n) is 7.72. The van der Waals surface area contributed by atoms with E-state index in [1.807, 2.05) is 18.2 Å². The van der Waals surface area contributed by atoms with Crippen molar-refractivity contribution < 1.29 is 14.2 Å². The molecule has 2 aromatic rings. The molecule has 1 aliphatic heterocycles. The minimum atomic E-state index is 0.254. The molecule has 0 aliphatic carbocycles. The van der Waals surface area contributed by atoms with Gasteiger partial charge in [-0.15, -0.1) is 4.98 Å². The molecular formula is C16H21N5O3. The third kappa shape index (κ3) is 3.27. The van der Waals surface area contributed by atoms with E-state index >= 15 is 0 Å². The number of methoxy groups -OCH3 is 3. The van der Waals surface area contributed by atoms with E-state index in [0.717, 1.165) is 37.6 Å². The summed E-state index contributed by atoms with van der Waals surface area (Å²) in [6.07, 6.45) is 0. The summed E-state index contributed by atoms with van der Waals surface area (Å²) in [5.74, 6) is 1.45. The number of rotatable bonds is 5. The first-order chi connectivity index (χ1) is 11.7. The molecule has 1 aromatic carbocycles. The molecule has 0 bridgehead atoms. The van der Waals surface area contributed by atoms with Crippen LogP contribution < -0.4 is 24.0 Å². The van der Waals surface area contributed by atoms with Gasteiger partial charge >= 0.3 is 12.0 Å². The summed E-state index contributed by atoms with van der Waals surface area (Å²) in [6, 6.07) is 8.55. The van der Waals surface area contributed by atoms with Crippen molar-refractivity contribution in [1.82, 2.24) is 15.0 Å². The molecular weight excluding hydrogens is 310 g/mol. The monoisotopic (exact) mass is 331 g/mol. The average Bonchev–Trinajstić information content (AvgIpc) is 2.67. The number of ether oxygens (including phenoxy) is 3. The van der Waals surface area contributed by atoms with Crippen LogP contribution in [0.2, 0.25) is 0 Å². The van der Waals surface area contributed by atoms with E-state index in [9.17, 15) is 0 Å². The molecule has 3 rings (SSSR count). The fourth-order valence-electron chi connectivity index (χ4n) is 2.69. The maximum absolute atomic E-state index is 5.45. The molecule has 0 spiro atoms. The van der Waals surface area contributed by atoms with Gasteiger partial charge in [0.25, 0.3) is 0 Å². The van der Waals surface area contributed by atoms with Gasteiger partial charge in [-0.25, -0.2) is 0 Å². The van der Waals surface area contributed by atoms with Gasteiger partial charge in [-0.2, -0.15) is 9.97 Å². The maximum atomic E-state index is 5.45. The van der Waals surface area contributed by atoms with Crippen LogP contribution >= 0.6 is 0 Å². The van der Waals surface area contributed by atoms with Gasteiger partial charge < -0.3 is 24.0 Å². The van der Waals surface area contributed by atoms with Crippen LogP contribution in [0.1, 0.15) is 0 Å². The molecule has 8 nitrogen and oxygen atoms in total. The van der Waals surface area contributed by atoms with Crippen molar-refractivity contribution in [3.63, 3.8) is 0 Å². The Morgan fingerprint density at radius 3 is 1.92 bits per heavy atom. The molecule has 0 saturated carbocycles. The highest BCUT2D eigenvalue weighted by molar-refractivity contribution is 5.59. The van der Waals surface area contributed by atoms with Gasteiger partial charge in [-0.1, -0.05) is 12.1 Å². The Labute approximate surface area is 141 Å². The largest absolute Gasteiger partial charge is 0.495 e. The Balaban J connectivity index is 1.73. The highest BCUT2D eigenvalue weighted by Gasteiger charge is 2.22. The number of nitrogens with zero attached hydrogens (tertiary/aromatic N) is 5. The lowest BCUT2D eigenvalue weighted by Crippen LogP contribution is -2.47. The van der Waals surface area contributed by atoms with Crippen LogP contribution in [-0.2, 0) is 0 Å². The molecule has 0 N–H and O–H groups in total. The fraction of sp³-hybridized carbons (Fsp3) is 0.438. The van der Waals surface area contributed by atoms with Gasteiger partial charge in [-0.05, 0) is 12.1 Å². The number of aromatic nitrogens is 3. The van der Waals surface area contributed by atoms with E-state index in [4.69, 9.17) is 14.2 Å². The Morgan fingerprint density at radius 2 is 1.33 bits per heavy atom. The van der Waals surface area contributed by atoms with Crippen LogP contribution in [-0.4, -0.2) is 62.5 Å². The standard InChI is InChI=1S/C16H21N5O3/c1-22-13-7-5-4-6-12(13)20-8-10-21(11-9-20)14-17-15(23-2)19-16(18-14)24-3/h4-7H,8-11H2,1-3H3. The molecule has 8 heteroatoms. The normalized spacial score (nSPS) is 14.5. The van der Waals surface area contributed by atoms with Crippen LogP contribution in [0, 0.1) is 0 Å². The van der Waals surface area contributed by atoms with Gasteiger partial charge in [0, 0.05) is 26.2 Å². The van der Waals surface area contributed by atoms with Crippen LogP contribution in [0.3, 0.4) is 0 Å². The van der Waals surface area contributed by atoms with Gasteiger partial charge in [-0.3, -0.25) is 0 Å². The minimum absolute atomic E-state index is 0.254. The zero-order valence-electron chi connectivity index (χ0n) is 14.1. The van der Waals surface area contributed by atoms with E-state index in [2.05, 4.69) is 30.8 Å². The smallest absolute Gasteiger partial charge is 0.324 e. The maximum Gasteiger partial charge on any atom is 0.324 e. The number of para-hydroxylation sites is 2. The van der Waals surface area contributed by atoms with Crippen molar-refractivity contribution in [2.24, 2.45) is 0 Å². The summed E-state index contributed by atoms with van der Waals surface area (Å²) in [6.45, 7) is 3.26. The van der Waals surface area contributed by atoms with Crippen molar-refractivity contribution in [3.8, 4) is 17.8 Å². The molecule has 128 valence electrons. The summed E-state index contributed by atoms with van der Waals surface area (Å²) in [5, 5.41) is 0. The lowest BCUT2D eigenvalue weighted by molar-refractivity contribution is 0.339.